The van der Waals surface area contributed by atoms with Gasteiger partial charge in [-0.1, -0.05) is 15.9 Å². The van der Waals surface area contributed by atoms with Gasteiger partial charge in [-0.15, -0.1) is 0 Å². The number of aromatic carboxylic acids is 1. The van der Waals surface area contributed by atoms with Gasteiger partial charge in [0, 0.05) is 61.7 Å². The van der Waals surface area contributed by atoms with Crippen LogP contribution in [0.1, 0.15) is 99.5 Å². The Labute approximate surface area is 293 Å². The van der Waals surface area contributed by atoms with Gasteiger partial charge in [-0.25, -0.2) is 26.4 Å². The second kappa shape index (κ2) is 13.8. The maximum atomic E-state index is 12.8. The molecule has 0 bridgehead atoms. The molecule has 2 amide bonds. The lowest BCUT2D eigenvalue weighted by Crippen LogP contribution is -2.50. The summed E-state index contributed by atoms with van der Waals surface area (Å²) in [6, 6.07) is -0.260. The molecule has 2 atom stereocenters. The van der Waals surface area contributed by atoms with E-state index < -0.39 is 36.4 Å². The fraction of sp³-hybridized carbons (Fsp3) is 0.667. The number of amides is 2. The van der Waals surface area contributed by atoms with Gasteiger partial charge in [0.15, 0.2) is 31.1 Å². The number of sulfone groups is 2. The van der Waals surface area contributed by atoms with Gasteiger partial charge in [-0.3, -0.25) is 19.0 Å². The van der Waals surface area contributed by atoms with Crippen LogP contribution < -0.4 is 5.32 Å². The van der Waals surface area contributed by atoms with Crippen LogP contribution in [0.25, 0.3) is 0 Å². The SMILES string of the molecule is CC1Cc2c(C(=O)O)nn(C)c2C(=O)N1CC1(S(C)(=O)=O)CC1.CCOC(=O)c1nn(C)c2c1CC(C)NC2=O.CS(=O)(=O)C1(CBr)CC1. The van der Waals surface area contributed by atoms with Crippen molar-refractivity contribution in [3.8, 4) is 0 Å². The molecule has 2 unspecified atom stereocenters. The fourth-order valence-electron chi connectivity index (χ4n) is 6.07. The van der Waals surface area contributed by atoms with Gasteiger partial charge in [-0.2, -0.15) is 10.2 Å². The van der Waals surface area contributed by atoms with Gasteiger partial charge in [-0.05, 0) is 59.3 Å². The van der Waals surface area contributed by atoms with Crippen molar-refractivity contribution < 1.29 is 45.9 Å². The molecule has 4 heterocycles. The average Bonchev–Trinajstić information content (AvgIpc) is 3.90. The van der Waals surface area contributed by atoms with E-state index in [0.29, 0.717) is 54.4 Å². The number of carbonyl (C=O) groups is 4. The zero-order valence-corrected chi connectivity index (χ0v) is 31.8. The van der Waals surface area contributed by atoms with Crippen LogP contribution in [-0.2, 0) is 51.3 Å². The fourth-order valence-corrected chi connectivity index (χ4v) is 10.1. The van der Waals surface area contributed by atoms with Crippen molar-refractivity contribution >= 4 is 59.4 Å². The Morgan fingerprint density at radius 2 is 1.43 bits per heavy atom. The first-order valence-corrected chi connectivity index (χ1v) is 20.6. The number of hydrogen-bond donors (Lipinski definition) is 2. The summed E-state index contributed by atoms with van der Waals surface area (Å²) in [5.41, 5.74) is 1.95. The summed E-state index contributed by atoms with van der Waals surface area (Å²) >= 11 is 3.19. The Kier molecular flexibility index (Phi) is 10.8. The average molecular weight is 792 g/mol. The first kappa shape index (κ1) is 38.5. The monoisotopic (exact) mass is 790 g/mol. The quantitative estimate of drug-likeness (QED) is 0.286. The molecule has 6 rings (SSSR count). The first-order valence-electron chi connectivity index (χ1n) is 15.7. The lowest BCUT2D eigenvalue weighted by Gasteiger charge is -2.35. The Balaban J connectivity index is 0.000000182. The number of hydrogen-bond acceptors (Lipinski definition) is 11. The second-order valence-electron chi connectivity index (χ2n) is 13.2. The Hall–Kier alpha value is -3.32. The van der Waals surface area contributed by atoms with Crippen molar-refractivity contribution in [1.29, 1.82) is 0 Å². The molecule has 272 valence electrons. The minimum absolute atomic E-state index is 0.00683. The number of carboxylic acids is 1. The summed E-state index contributed by atoms with van der Waals surface area (Å²) < 4.78 is 52.2. The molecule has 2 aromatic rings. The molecule has 0 aromatic carbocycles. The topological polar surface area (TPSA) is 217 Å². The number of nitrogens with one attached hydrogen (secondary N) is 1. The summed E-state index contributed by atoms with van der Waals surface area (Å²) in [5, 5.41) is 20.6. The van der Waals surface area contributed by atoms with E-state index in [-0.39, 0.29) is 52.3 Å². The minimum Gasteiger partial charge on any atom is -0.476 e. The molecule has 16 nitrogen and oxygen atoms in total. The molecule has 19 heteroatoms. The standard InChI is InChI=1S/C14H19N3O5S.C11H15N3O3.C5H9BrO2S/c1-8-6-9-10(13(19)20)15-16(2)11(9)12(18)17(8)7-14(4-5-14)23(3,21)22;1-4-17-11(16)8-7-5-6(2)12-10(15)9(7)14(3)13-8;1-9(7,8)5(4-6)2-3-5/h8H,4-7H2,1-3H3,(H,19,20);6H,4-5H2,1-3H3,(H,12,15);2-4H2,1H3. The maximum absolute atomic E-state index is 12.8. The molecule has 2 aliphatic carbocycles. The third-order valence-corrected chi connectivity index (χ3v) is 15.1. The largest absolute Gasteiger partial charge is 0.476 e. The van der Waals surface area contributed by atoms with Gasteiger partial charge in [0.1, 0.15) is 11.4 Å². The molecule has 2 fully saturated rings. The van der Waals surface area contributed by atoms with Gasteiger partial charge in [0.25, 0.3) is 11.8 Å². The molecule has 2 N–H and O–H groups in total. The highest BCUT2D eigenvalue weighted by Crippen LogP contribution is 2.45. The Morgan fingerprint density at radius 3 is 1.88 bits per heavy atom. The third kappa shape index (κ3) is 7.57. The van der Waals surface area contributed by atoms with E-state index in [1.54, 1.807) is 25.8 Å². The van der Waals surface area contributed by atoms with Gasteiger partial charge < -0.3 is 20.1 Å². The lowest BCUT2D eigenvalue weighted by molar-refractivity contribution is 0.0516. The van der Waals surface area contributed by atoms with Gasteiger partial charge in [0.05, 0.1) is 16.1 Å². The molecule has 2 aliphatic heterocycles. The number of fused-ring (bicyclic) bond motifs is 2. The van der Waals surface area contributed by atoms with E-state index in [1.807, 2.05) is 6.92 Å². The molecule has 2 saturated carbocycles. The van der Waals surface area contributed by atoms with E-state index in [0.717, 1.165) is 12.8 Å². The molecule has 0 radical (unpaired) electrons. The van der Waals surface area contributed by atoms with E-state index in [1.165, 1.54) is 28.9 Å². The number of nitrogens with zero attached hydrogens (tertiary/aromatic N) is 5. The zero-order chi connectivity index (χ0) is 36.9. The number of aryl methyl sites for hydroxylation is 2. The van der Waals surface area contributed by atoms with E-state index >= 15 is 0 Å². The molecular weight excluding hydrogens is 748 g/mol. The number of halogens is 1. The number of ether oxygens (including phenoxy) is 1. The second-order valence-corrected chi connectivity index (χ2v) is 18.6. The van der Waals surface area contributed by atoms with Crippen molar-refractivity contribution in [1.82, 2.24) is 29.8 Å². The van der Waals surface area contributed by atoms with Crippen LogP contribution in [0.2, 0.25) is 0 Å². The highest BCUT2D eigenvalue weighted by molar-refractivity contribution is 9.09. The van der Waals surface area contributed by atoms with E-state index in [2.05, 4.69) is 31.4 Å². The molecular formula is C30H43BrN6O10S2. The molecule has 0 spiro atoms. The number of carbonyl (C=O) groups excluding carboxylic acids is 3. The van der Waals surface area contributed by atoms with Crippen molar-refractivity contribution in [3.05, 3.63) is 33.9 Å². The lowest BCUT2D eigenvalue weighted by atomic mass is 9.97. The smallest absolute Gasteiger partial charge is 0.359 e. The Bertz CT molecular complexity index is 1890. The first-order chi connectivity index (χ1) is 22.6. The summed E-state index contributed by atoms with van der Waals surface area (Å²) in [6.07, 6.45) is 6.24. The maximum Gasteiger partial charge on any atom is 0.359 e. The number of rotatable bonds is 8. The number of aromatic nitrogens is 4. The van der Waals surface area contributed by atoms with Crippen LogP contribution in [0, 0.1) is 0 Å². The van der Waals surface area contributed by atoms with Crippen molar-refractivity contribution in [2.45, 2.75) is 80.9 Å². The number of esters is 1. The normalized spacial score (nSPS) is 21.5. The summed E-state index contributed by atoms with van der Waals surface area (Å²) in [5.74, 6) is -2.17. The highest BCUT2D eigenvalue weighted by atomic mass is 79.9. The Morgan fingerprint density at radius 1 is 0.918 bits per heavy atom. The van der Waals surface area contributed by atoms with Crippen LogP contribution in [-0.4, -0.2) is 123 Å². The third-order valence-electron chi connectivity index (χ3n) is 9.45. The van der Waals surface area contributed by atoms with Crippen LogP contribution in [0.3, 0.4) is 0 Å². The summed E-state index contributed by atoms with van der Waals surface area (Å²) in [6.45, 7) is 5.88. The predicted octanol–water partition coefficient (Wildman–Crippen LogP) is 1.31. The van der Waals surface area contributed by atoms with E-state index in [4.69, 9.17) is 4.74 Å². The van der Waals surface area contributed by atoms with Crippen LogP contribution in [0.5, 0.6) is 0 Å². The van der Waals surface area contributed by atoms with Crippen molar-refractivity contribution in [3.63, 3.8) is 0 Å². The predicted molar refractivity (Wildman–Crippen MR) is 182 cm³/mol. The zero-order valence-electron chi connectivity index (χ0n) is 28.6. The number of alkyl halides is 1. The van der Waals surface area contributed by atoms with Crippen molar-refractivity contribution in [2.75, 3.05) is 31.0 Å². The van der Waals surface area contributed by atoms with E-state index in [9.17, 15) is 41.1 Å². The molecule has 4 aliphatic rings. The summed E-state index contributed by atoms with van der Waals surface area (Å²) in [4.78, 5) is 49.1. The molecule has 2 aromatic heterocycles. The summed E-state index contributed by atoms with van der Waals surface area (Å²) in [7, 11) is -2.85. The van der Waals surface area contributed by atoms with Gasteiger partial charge in [0.2, 0.25) is 0 Å². The van der Waals surface area contributed by atoms with Crippen LogP contribution in [0.15, 0.2) is 0 Å². The van der Waals surface area contributed by atoms with Gasteiger partial charge >= 0.3 is 11.9 Å². The molecule has 0 saturated heterocycles. The van der Waals surface area contributed by atoms with Crippen LogP contribution in [0.4, 0.5) is 0 Å². The van der Waals surface area contributed by atoms with Crippen molar-refractivity contribution in [2.24, 2.45) is 14.1 Å². The number of carboxylic acid groups (broad SMARTS) is 1. The minimum atomic E-state index is -3.24. The molecule has 49 heavy (non-hydrogen) atoms. The van der Waals surface area contributed by atoms with Crippen LogP contribution >= 0.6 is 15.9 Å². The highest BCUT2D eigenvalue weighted by Gasteiger charge is 2.55.